The molecule has 1 aromatic heterocycles. The molecule has 0 aliphatic carbocycles. The Morgan fingerprint density at radius 2 is 2.00 bits per heavy atom. The van der Waals surface area contributed by atoms with Crippen molar-refractivity contribution in [1.29, 1.82) is 0 Å². The van der Waals surface area contributed by atoms with Gasteiger partial charge in [0.05, 0.1) is 12.7 Å². The molecule has 1 fully saturated rings. The fraction of sp³-hybridized carbons (Fsp3) is 0.520. The molecule has 0 radical (unpaired) electrons. The molecule has 33 heavy (non-hydrogen) atoms. The molecule has 1 aromatic carbocycles. The Labute approximate surface area is 216 Å². The van der Waals surface area contributed by atoms with Gasteiger partial charge in [0.25, 0.3) is 0 Å². The number of benzene rings is 1. The predicted molar refractivity (Wildman–Crippen MR) is 147 cm³/mol. The van der Waals surface area contributed by atoms with E-state index in [1.165, 1.54) is 5.56 Å². The van der Waals surface area contributed by atoms with Crippen LogP contribution in [0.3, 0.4) is 0 Å². The lowest BCUT2D eigenvalue weighted by molar-refractivity contribution is 0.0529. The third kappa shape index (κ3) is 9.10. The van der Waals surface area contributed by atoms with E-state index in [0.29, 0.717) is 12.6 Å². The number of guanidine groups is 1. The number of aromatic nitrogens is 1. The summed E-state index contributed by atoms with van der Waals surface area (Å²) in [6.07, 6.45) is 3.23. The standard InChI is InChI=1S/C25H38N6O.HI/c1-20(30(4)19-22-8-6-5-7-9-22)12-13-27-25(26-3)29-17-23-10-11-24(28-16-23)31-14-15-32-21(2)18-31;/h5-11,16,20-21H,12-15,17-19H2,1-4H3,(H2,26,27,29);1H. The van der Waals surface area contributed by atoms with Gasteiger partial charge in [-0.3, -0.25) is 9.89 Å². The Kier molecular flexibility index (Phi) is 11.9. The molecular weight excluding hydrogens is 527 g/mol. The van der Waals surface area contributed by atoms with Crippen LogP contribution in [0.1, 0.15) is 31.4 Å². The van der Waals surface area contributed by atoms with Gasteiger partial charge < -0.3 is 20.3 Å². The van der Waals surface area contributed by atoms with Gasteiger partial charge in [0.15, 0.2) is 5.96 Å². The van der Waals surface area contributed by atoms with E-state index in [4.69, 9.17) is 4.74 Å². The molecule has 2 N–H and O–H groups in total. The summed E-state index contributed by atoms with van der Waals surface area (Å²) in [5.41, 5.74) is 2.48. The van der Waals surface area contributed by atoms with E-state index in [1.807, 2.05) is 6.20 Å². The van der Waals surface area contributed by atoms with Gasteiger partial charge in [-0.1, -0.05) is 36.4 Å². The molecule has 7 nitrogen and oxygen atoms in total. The molecule has 2 aromatic rings. The molecule has 8 heteroatoms. The summed E-state index contributed by atoms with van der Waals surface area (Å²) < 4.78 is 5.61. The van der Waals surface area contributed by atoms with E-state index in [9.17, 15) is 0 Å². The number of halogens is 1. The first-order valence-corrected chi connectivity index (χ1v) is 11.6. The summed E-state index contributed by atoms with van der Waals surface area (Å²) in [6.45, 7) is 9.43. The number of morpholine rings is 1. The number of rotatable bonds is 9. The van der Waals surface area contributed by atoms with Crippen LogP contribution in [0, 0.1) is 0 Å². The average Bonchev–Trinajstić information content (AvgIpc) is 2.82. The van der Waals surface area contributed by atoms with Crippen LogP contribution in [0.25, 0.3) is 0 Å². The quantitative estimate of drug-likeness (QED) is 0.275. The fourth-order valence-corrected chi connectivity index (χ4v) is 3.79. The van der Waals surface area contributed by atoms with Crippen molar-refractivity contribution in [2.45, 2.75) is 45.5 Å². The first-order valence-electron chi connectivity index (χ1n) is 11.6. The predicted octanol–water partition coefficient (Wildman–Crippen LogP) is 3.50. The van der Waals surface area contributed by atoms with Gasteiger partial charge in [0.1, 0.15) is 5.82 Å². The summed E-state index contributed by atoms with van der Waals surface area (Å²) in [7, 11) is 3.99. The highest BCUT2D eigenvalue weighted by atomic mass is 127. The third-order valence-electron chi connectivity index (χ3n) is 5.94. The number of ether oxygens (including phenoxy) is 1. The third-order valence-corrected chi connectivity index (χ3v) is 5.94. The van der Waals surface area contributed by atoms with E-state index in [1.54, 1.807) is 7.05 Å². The second-order valence-electron chi connectivity index (χ2n) is 8.54. The fourth-order valence-electron chi connectivity index (χ4n) is 3.79. The van der Waals surface area contributed by atoms with Crippen molar-refractivity contribution in [3.8, 4) is 0 Å². The van der Waals surface area contributed by atoms with Crippen LogP contribution in [-0.4, -0.2) is 68.3 Å². The minimum absolute atomic E-state index is 0. The number of nitrogens with one attached hydrogen (secondary N) is 2. The van der Waals surface area contributed by atoms with Gasteiger partial charge >= 0.3 is 0 Å². The normalized spacial score (nSPS) is 17.4. The number of aliphatic imine (C=N–C) groups is 1. The van der Waals surface area contributed by atoms with Gasteiger partial charge in [-0.2, -0.15) is 0 Å². The van der Waals surface area contributed by atoms with Gasteiger partial charge in [0, 0.05) is 52.0 Å². The smallest absolute Gasteiger partial charge is 0.191 e. The zero-order chi connectivity index (χ0) is 22.8. The molecule has 0 spiro atoms. The van der Waals surface area contributed by atoms with Crippen molar-refractivity contribution in [1.82, 2.24) is 20.5 Å². The summed E-state index contributed by atoms with van der Waals surface area (Å²) in [5.74, 6) is 1.83. The van der Waals surface area contributed by atoms with Crippen LogP contribution >= 0.6 is 24.0 Å². The number of pyridine rings is 1. The van der Waals surface area contributed by atoms with E-state index >= 15 is 0 Å². The summed E-state index contributed by atoms with van der Waals surface area (Å²) in [6, 6.07) is 15.3. The maximum absolute atomic E-state index is 5.61. The Morgan fingerprint density at radius 1 is 1.21 bits per heavy atom. The lowest BCUT2D eigenvalue weighted by Gasteiger charge is -2.32. The second kappa shape index (κ2) is 14.4. The molecule has 2 heterocycles. The Bertz CT molecular complexity index is 833. The SMILES string of the molecule is CN=C(NCCC(C)N(C)Cc1ccccc1)NCc1ccc(N2CCOC(C)C2)nc1.I. The van der Waals surface area contributed by atoms with Gasteiger partial charge in [-0.05, 0) is 44.5 Å². The topological polar surface area (TPSA) is 65.0 Å². The first-order chi connectivity index (χ1) is 15.5. The van der Waals surface area contributed by atoms with Crippen molar-refractivity contribution in [3.63, 3.8) is 0 Å². The van der Waals surface area contributed by atoms with E-state index in [0.717, 1.165) is 56.5 Å². The van der Waals surface area contributed by atoms with Crippen molar-refractivity contribution in [3.05, 3.63) is 59.8 Å². The Hall–Kier alpha value is -1.91. The molecule has 1 saturated heterocycles. The maximum atomic E-state index is 5.61. The van der Waals surface area contributed by atoms with Gasteiger partial charge in [-0.25, -0.2) is 4.98 Å². The molecule has 2 unspecified atom stereocenters. The number of nitrogens with zero attached hydrogens (tertiary/aromatic N) is 4. The molecule has 1 aliphatic heterocycles. The van der Waals surface area contributed by atoms with Crippen molar-refractivity contribution in [2.75, 3.05) is 45.2 Å². The van der Waals surface area contributed by atoms with Crippen LogP contribution < -0.4 is 15.5 Å². The molecule has 182 valence electrons. The second-order valence-corrected chi connectivity index (χ2v) is 8.54. The number of anilines is 1. The van der Waals surface area contributed by atoms with E-state index in [2.05, 4.69) is 93.8 Å². The Morgan fingerprint density at radius 3 is 2.67 bits per heavy atom. The van der Waals surface area contributed by atoms with Crippen LogP contribution in [-0.2, 0) is 17.8 Å². The lowest BCUT2D eigenvalue weighted by Crippen LogP contribution is -2.41. The zero-order valence-electron chi connectivity index (χ0n) is 20.3. The monoisotopic (exact) mass is 566 g/mol. The Balaban J connectivity index is 0.00000385. The molecule has 0 saturated carbocycles. The van der Waals surface area contributed by atoms with E-state index in [-0.39, 0.29) is 30.1 Å². The van der Waals surface area contributed by atoms with Crippen LogP contribution in [0.5, 0.6) is 0 Å². The largest absolute Gasteiger partial charge is 0.375 e. The molecule has 3 rings (SSSR count). The molecule has 2 atom stereocenters. The van der Waals surface area contributed by atoms with Crippen molar-refractivity contribution in [2.24, 2.45) is 4.99 Å². The summed E-state index contributed by atoms with van der Waals surface area (Å²) >= 11 is 0. The first kappa shape index (κ1) is 27.3. The minimum Gasteiger partial charge on any atom is -0.375 e. The lowest BCUT2D eigenvalue weighted by atomic mass is 10.1. The van der Waals surface area contributed by atoms with Crippen LogP contribution in [0.4, 0.5) is 5.82 Å². The highest BCUT2D eigenvalue weighted by molar-refractivity contribution is 14.0. The molecule has 1 aliphatic rings. The number of hydrogen-bond acceptors (Lipinski definition) is 5. The average molecular weight is 567 g/mol. The summed E-state index contributed by atoms with van der Waals surface area (Å²) in [5, 5.41) is 6.81. The minimum atomic E-state index is 0. The van der Waals surface area contributed by atoms with E-state index < -0.39 is 0 Å². The van der Waals surface area contributed by atoms with Crippen molar-refractivity contribution >= 4 is 35.8 Å². The van der Waals surface area contributed by atoms with Gasteiger partial charge in [-0.15, -0.1) is 24.0 Å². The number of hydrogen-bond donors (Lipinski definition) is 2. The summed E-state index contributed by atoms with van der Waals surface area (Å²) in [4.78, 5) is 13.7. The highest BCUT2D eigenvalue weighted by Crippen LogP contribution is 2.15. The molecule has 0 amide bonds. The van der Waals surface area contributed by atoms with Gasteiger partial charge in [0.2, 0.25) is 0 Å². The van der Waals surface area contributed by atoms with Crippen LogP contribution in [0.15, 0.2) is 53.7 Å². The van der Waals surface area contributed by atoms with Crippen molar-refractivity contribution < 1.29 is 4.74 Å². The molecule has 0 bridgehead atoms. The highest BCUT2D eigenvalue weighted by Gasteiger charge is 2.17. The zero-order valence-corrected chi connectivity index (χ0v) is 22.7. The maximum Gasteiger partial charge on any atom is 0.191 e. The van der Waals surface area contributed by atoms with Crippen LogP contribution in [0.2, 0.25) is 0 Å². The molecular formula is C25H39IN6O.